The number of pyridine rings is 1. The van der Waals surface area contributed by atoms with Crippen molar-refractivity contribution in [3.8, 4) is 22.7 Å². The third-order valence-corrected chi connectivity index (χ3v) is 3.92. The van der Waals surface area contributed by atoms with Crippen LogP contribution in [-0.4, -0.2) is 28.4 Å². The summed E-state index contributed by atoms with van der Waals surface area (Å²) in [6.07, 6.45) is 4.57. The molecule has 0 bridgehead atoms. The van der Waals surface area contributed by atoms with Crippen molar-refractivity contribution in [3.63, 3.8) is 0 Å². The second kappa shape index (κ2) is 5.18. The number of nitrogens with zero attached hydrogens (tertiary/aromatic N) is 3. The van der Waals surface area contributed by atoms with E-state index in [9.17, 15) is 0 Å². The first-order chi connectivity index (χ1) is 10.9. The van der Waals surface area contributed by atoms with Gasteiger partial charge in [-0.15, -0.1) is 0 Å². The van der Waals surface area contributed by atoms with Crippen molar-refractivity contribution >= 4 is 5.82 Å². The Labute approximate surface area is 128 Å². The Morgan fingerprint density at radius 3 is 2.77 bits per heavy atom. The van der Waals surface area contributed by atoms with Gasteiger partial charge in [0, 0.05) is 30.1 Å². The Hall–Kier alpha value is -2.82. The van der Waals surface area contributed by atoms with E-state index in [1.54, 1.807) is 19.5 Å². The van der Waals surface area contributed by atoms with Crippen molar-refractivity contribution in [1.29, 1.82) is 0 Å². The zero-order chi connectivity index (χ0) is 14.9. The summed E-state index contributed by atoms with van der Waals surface area (Å²) in [5.41, 5.74) is 4.28. The summed E-state index contributed by atoms with van der Waals surface area (Å²) in [7, 11) is 1.68. The van der Waals surface area contributed by atoms with E-state index in [1.165, 1.54) is 5.56 Å². The zero-order valence-corrected chi connectivity index (χ0v) is 12.3. The molecule has 3 aromatic rings. The Balaban J connectivity index is 1.92. The molecule has 0 atom stereocenters. The standard InChI is InChI=1S/C17H16N4O/c1-22-15-5-3-2-4-14(15)21-17-13(8-11-19-17)16(20-21)12-6-9-18-10-7-12/h2-7,9-10,19H,8,11H2,1H3. The van der Waals surface area contributed by atoms with Crippen LogP contribution in [0.25, 0.3) is 16.9 Å². The Morgan fingerprint density at radius 2 is 1.95 bits per heavy atom. The Morgan fingerprint density at radius 1 is 1.14 bits per heavy atom. The predicted octanol–water partition coefficient (Wildman–Crippen LogP) is 2.91. The molecule has 2 aromatic heterocycles. The molecule has 0 fully saturated rings. The number of benzene rings is 1. The fraction of sp³-hybridized carbons (Fsp3) is 0.176. The second-order valence-corrected chi connectivity index (χ2v) is 5.17. The summed E-state index contributed by atoms with van der Waals surface area (Å²) < 4.78 is 7.42. The number of methoxy groups -OCH3 is 1. The molecule has 0 spiro atoms. The van der Waals surface area contributed by atoms with Crippen molar-refractivity contribution in [2.45, 2.75) is 6.42 Å². The van der Waals surface area contributed by atoms with Gasteiger partial charge in [-0.05, 0) is 30.7 Å². The minimum atomic E-state index is 0.808. The van der Waals surface area contributed by atoms with Gasteiger partial charge in [-0.2, -0.15) is 5.10 Å². The van der Waals surface area contributed by atoms with Gasteiger partial charge < -0.3 is 10.1 Å². The first-order valence-corrected chi connectivity index (χ1v) is 7.28. The fourth-order valence-corrected chi connectivity index (χ4v) is 2.90. The normalized spacial score (nSPS) is 12.8. The lowest BCUT2D eigenvalue weighted by Crippen LogP contribution is -2.05. The van der Waals surface area contributed by atoms with Crippen LogP contribution >= 0.6 is 0 Å². The highest BCUT2D eigenvalue weighted by molar-refractivity contribution is 5.73. The summed E-state index contributed by atoms with van der Waals surface area (Å²) in [6, 6.07) is 11.9. The highest BCUT2D eigenvalue weighted by Crippen LogP contribution is 2.36. The molecule has 0 saturated carbocycles. The molecule has 0 amide bonds. The Kier molecular flexibility index (Phi) is 3.04. The quantitative estimate of drug-likeness (QED) is 0.806. The first kappa shape index (κ1) is 12.9. The van der Waals surface area contributed by atoms with Crippen LogP contribution in [0.5, 0.6) is 5.75 Å². The number of rotatable bonds is 3. The number of fused-ring (bicyclic) bond motifs is 1. The average Bonchev–Trinajstić information content (AvgIpc) is 3.18. The molecule has 5 heteroatoms. The van der Waals surface area contributed by atoms with Crippen LogP contribution in [-0.2, 0) is 6.42 Å². The van der Waals surface area contributed by atoms with Gasteiger partial charge in [0.25, 0.3) is 0 Å². The minimum Gasteiger partial charge on any atom is -0.494 e. The molecule has 0 aliphatic carbocycles. The van der Waals surface area contributed by atoms with E-state index >= 15 is 0 Å². The number of nitrogens with one attached hydrogen (secondary N) is 1. The lowest BCUT2D eigenvalue weighted by Gasteiger charge is -2.10. The number of ether oxygens (including phenoxy) is 1. The molecule has 0 saturated heterocycles. The van der Waals surface area contributed by atoms with E-state index in [2.05, 4.69) is 10.3 Å². The van der Waals surface area contributed by atoms with E-state index in [1.807, 2.05) is 41.1 Å². The summed E-state index contributed by atoms with van der Waals surface area (Å²) in [5.74, 6) is 1.86. The molecular weight excluding hydrogens is 276 g/mol. The van der Waals surface area contributed by atoms with Crippen LogP contribution in [0.15, 0.2) is 48.8 Å². The third-order valence-electron chi connectivity index (χ3n) is 3.92. The lowest BCUT2D eigenvalue weighted by molar-refractivity contribution is 0.412. The van der Waals surface area contributed by atoms with Crippen LogP contribution in [0.2, 0.25) is 0 Å². The van der Waals surface area contributed by atoms with Gasteiger partial charge in [-0.3, -0.25) is 4.98 Å². The number of para-hydroxylation sites is 2. The fourth-order valence-electron chi connectivity index (χ4n) is 2.90. The maximum Gasteiger partial charge on any atom is 0.144 e. The van der Waals surface area contributed by atoms with Crippen molar-refractivity contribution < 1.29 is 4.74 Å². The molecule has 5 nitrogen and oxygen atoms in total. The van der Waals surface area contributed by atoms with E-state index in [-0.39, 0.29) is 0 Å². The van der Waals surface area contributed by atoms with Gasteiger partial charge >= 0.3 is 0 Å². The maximum atomic E-state index is 5.48. The maximum absolute atomic E-state index is 5.48. The van der Waals surface area contributed by atoms with E-state index in [0.717, 1.165) is 41.5 Å². The van der Waals surface area contributed by atoms with E-state index in [0.29, 0.717) is 0 Å². The highest BCUT2D eigenvalue weighted by Gasteiger charge is 2.24. The summed E-state index contributed by atoms with van der Waals surface area (Å²) in [6.45, 7) is 0.931. The van der Waals surface area contributed by atoms with Crippen molar-refractivity contribution in [3.05, 3.63) is 54.4 Å². The second-order valence-electron chi connectivity index (χ2n) is 5.17. The molecule has 0 radical (unpaired) electrons. The molecule has 1 aliphatic rings. The van der Waals surface area contributed by atoms with Crippen LogP contribution < -0.4 is 10.1 Å². The lowest BCUT2D eigenvalue weighted by atomic mass is 10.1. The molecule has 1 N–H and O–H groups in total. The minimum absolute atomic E-state index is 0.808. The summed E-state index contributed by atoms with van der Waals surface area (Å²) >= 11 is 0. The summed E-state index contributed by atoms with van der Waals surface area (Å²) in [5, 5.41) is 8.27. The average molecular weight is 292 g/mol. The largest absolute Gasteiger partial charge is 0.494 e. The Bertz CT molecular complexity index is 811. The van der Waals surface area contributed by atoms with Crippen molar-refractivity contribution in [1.82, 2.24) is 14.8 Å². The molecule has 110 valence electrons. The van der Waals surface area contributed by atoms with E-state index < -0.39 is 0 Å². The number of hydrogen-bond donors (Lipinski definition) is 1. The van der Waals surface area contributed by atoms with Crippen molar-refractivity contribution in [2.75, 3.05) is 19.0 Å². The molecule has 4 rings (SSSR count). The zero-order valence-electron chi connectivity index (χ0n) is 12.3. The van der Waals surface area contributed by atoms with Gasteiger partial charge in [0.2, 0.25) is 0 Å². The SMILES string of the molecule is COc1ccccc1-n1nc(-c2ccncc2)c2c1NCC2. The monoisotopic (exact) mass is 292 g/mol. The van der Waals surface area contributed by atoms with Gasteiger partial charge in [0.15, 0.2) is 0 Å². The molecular formula is C17H16N4O. The topological polar surface area (TPSA) is 52.0 Å². The van der Waals surface area contributed by atoms with Crippen LogP contribution in [0.3, 0.4) is 0 Å². The number of aromatic nitrogens is 3. The number of anilines is 1. The summed E-state index contributed by atoms with van der Waals surface area (Å²) in [4.78, 5) is 4.09. The highest BCUT2D eigenvalue weighted by atomic mass is 16.5. The van der Waals surface area contributed by atoms with Crippen LogP contribution in [0.4, 0.5) is 5.82 Å². The van der Waals surface area contributed by atoms with Crippen molar-refractivity contribution in [2.24, 2.45) is 0 Å². The molecule has 1 aliphatic heterocycles. The van der Waals surface area contributed by atoms with Gasteiger partial charge in [0.1, 0.15) is 17.3 Å². The van der Waals surface area contributed by atoms with Gasteiger partial charge in [-0.25, -0.2) is 4.68 Å². The van der Waals surface area contributed by atoms with Gasteiger partial charge in [0.05, 0.1) is 12.8 Å². The molecule has 3 heterocycles. The van der Waals surface area contributed by atoms with Gasteiger partial charge in [-0.1, -0.05) is 12.1 Å². The van der Waals surface area contributed by atoms with E-state index in [4.69, 9.17) is 9.84 Å². The third kappa shape index (κ3) is 1.94. The first-order valence-electron chi connectivity index (χ1n) is 7.28. The predicted molar refractivity (Wildman–Crippen MR) is 85.5 cm³/mol. The van der Waals surface area contributed by atoms with Crippen LogP contribution in [0, 0.1) is 0 Å². The number of hydrogen-bond acceptors (Lipinski definition) is 4. The van der Waals surface area contributed by atoms with Crippen LogP contribution in [0.1, 0.15) is 5.56 Å². The molecule has 22 heavy (non-hydrogen) atoms. The molecule has 1 aromatic carbocycles. The smallest absolute Gasteiger partial charge is 0.144 e. The molecule has 0 unspecified atom stereocenters.